The third-order valence-electron chi connectivity index (χ3n) is 7.63. The fraction of sp³-hybridized carbons (Fsp3) is 1.00. The van der Waals surface area contributed by atoms with Gasteiger partial charge in [-0.15, -0.1) is 0 Å². The zero-order valence-electron chi connectivity index (χ0n) is 31.2. The average molecular weight is 733 g/mol. The van der Waals surface area contributed by atoms with Gasteiger partial charge in [-0.25, -0.2) is 0 Å². The Morgan fingerprint density at radius 3 is 0.955 bits per heavy atom. The minimum absolute atomic E-state index is 0.0142. The van der Waals surface area contributed by atoms with Gasteiger partial charge in [0.25, 0.3) is 0 Å². The molecule has 0 aromatic heterocycles. The van der Waals surface area contributed by atoms with Crippen LogP contribution in [0.5, 0.6) is 0 Å². The quantitative estimate of drug-likeness (QED) is 0.0592. The van der Waals surface area contributed by atoms with Gasteiger partial charge in [0.1, 0.15) is 5.91 Å². The molecule has 0 heterocycles. The topological polar surface area (TPSA) is 83.1 Å². The molecule has 2 unspecified atom stereocenters. The van der Waals surface area contributed by atoms with Crippen molar-refractivity contribution in [2.75, 3.05) is 39.6 Å². The minimum Gasteiger partial charge on any atom is -0.459 e. The highest BCUT2D eigenvalue weighted by Crippen LogP contribution is 2.39. The van der Waals surface area contributed by atoms with Crippen molar-refractivity contribution in [1.82, 2.24) is 0 Å². The summed E-state index contributed by atoms with van der Waals surface area (Å²) in [7, 11) is -13.5. The molecule has 0 N–H and O–H groups in total. The molecule has 266 valence electrons. The van der Waals surface area contributed by atoms with Crippen LogP contribution < -0.4 is 0 Å². The van der Waals surface area contributed by atoms with Crippen molar-refractivity contribution in [2.24, 2.45) is 0 Å². The summed E-state index contributed by atoms with van der Waals surface area (Å²) in [6.07, 6.45) is 5.44. The van der Waals surface area contributed by atoms with Gasteiger partial charge in [0, 0.05) is 50.0 Å². The molecule has 0 aliphatic heterocycles. The summed E-state index contributed by atoms with van der Waals surface area (Å²) in [6, 6.07) is 0. The molecule has 0 rings (SSSR count). The predicted octanol–water partition coefficient (Wildman–Crippen LogP) is 7.09. The van der Waals surface area contributed by atoms with Gasteiger partial charge in [0.05, 0.1) is 0 Å². The Morgan fingerprint density at radius 2 is 0.750 bits per heavy atom. The maximum Gasteiger partial charge on any atom is 0.503 e. The van der Waals surface area contributed by atoms with Crippen molar-refractivity contribution in [2.45, 2.75) is 149 Å². The third-order valence-corrected chi connectivity index (χ3v) is 30.3. The van der Waals surface area contributed by atoms with Gasteiger partial charge in [-0.2, -0.15) is 0 Å². The van der Waals surface area contributed by atoms with Gasteiger partial charge in [0.15, 0.2) is 25.7 Å². The molecule has 0 aromatic rings. The van der Waals surface area contributed by atoms with E-state index in [2.05, 4.69) is 94.7 Å². The lowest BCUT2D eigenvalue weighted by Crippen LogP contribution is -2.62. The van der Waals surface area contributed by atoms with Crippen LogP contribution in [0.15, 0.2) is 0 Å². The molecule has 0 aromatic carbocycles. The van der Waals surface area contributed by atoms with Gasteiger partial charge >= 0.3 is 17.6 Å². The number of hydrogen-bond acceptors (Lipinski definition) is 9. The highest BCUT2D eigenvalue weighted by atomic mass is 28.4. The summed E-state index contributed by atoms with van der Waals surface area (Å²) in [5.74, 6) is -0.386. The summed E-state index contributed by atoms with van der Waals surface area (Å²) in [5.41, 5.74) is 0. The first kappa shape index (κ1) is 44.9. The SMILES string of the molecule is CCCO[Si](OCCC)(OCCC)C(C)[Si](C)(C)OC(O[Si](C)(C)C(C)[Si](OCCC)(OCCC)OCCC)[SiH2]O[SiH](C)C. The predicted molar refractivity (Wildman–Crippen MR) is 197 cm³/mol. The maximum atomic E-state index is 7.14. The van der Waals surface area contributed by atoms with Crippen LogP contribution in [0.25, 0.3) is 0 Å². The lowest BCUT2D eigenvalue weighted by Gasteiger charge is -2.45. The van der Waals surface area contributed by atoms with E-state index in [0.717, 1.165) is 38.5 Å². The van der Waals surface area contributed by atoms with Gasteiger partial charge in [-0.1, -0.05) is 55.4 Å². The molecule has 0 spiro atoms. The van der Waals surface area contributed by atoms with Crippen LogP contribution in [0.3, 0.4) is 0 Å². The van der Waals surface area contributed by atoms with E-state index in [4.69, 9.17) is 39.5 Å². The second-order valence-corrected chi connectivity index (χ2v) is 33.1. The molecule has 0 amide bonds. The molecular weight excluding hydrogens is 661 g/mol. The maximum absolute atomic E-state index is 7.14. The van der Waals surface area contributed by atoms with Crippen LogP contribution >= 0.6 is 0 Å². The monoisotopic (exact) mass is 732 g/mol. The van der Waals surface area contributed by atoms with Gasteiger partial charge < -0.3 is 39.5 Å². The summed E-state index contributed by atoms with van der Waals surface area (Å²) in [6.45, 7) is 34.3. The Labute approximate surface area is 280 Å². The standard InChI is InChI=1S/C29H72O9Si6/c1-15-21-30-43(31-22-16-2,32-23-17-3)27(7)41(11,12)36-29(39-38-40(9)10)37-42(13,14)28(8)44(33-24-18-4,34-25-19-5)35-26-20-6/h27-29,40H,15-26,39H2,1-14H3. The first-order chi connectivity index (χ1) is 20.7. The van der Waals surface area contributed by atoms with Crippen LogP contribution in [0, 0.1) is 0 Å². The third kappa shape index (κ3) is 15.4. The molecule has 0 saturated heterocycles. The lowest BCUT2D eigenvalue weighted by molar-refractivity contribution is 0.0312. The molecule has 15 heteroatoms. The van der Waals surface area contributed by atoms with Gasteiger partial charge in [-0.05, 0) is 77.8 Å². The Morgan fingerprint density at radius 1 is 0.500 bits per heavy atom. The number of rotatable bonds is 29. The molecule has 0 radical (unpaired) electrons. The molecule has 0 bridgehead atoms. The Kier molecular flexibility index (Phi) is 23.8. The zero-order valence-corrected chi connectivity index (χ0v) is 37.7. The van der Waals surface area contributed by atoms with E-state index in [-0.39, 0.29) is 16.2 Å². The molecule has 0 saturated carbocycles. The van der Waals surface area contributed by atoms with Crippen LogP contribution in [0.2, 0.25) is 49.6 Å². The van der Waals surface area contributed by atoms with Crippen LogP contribution in [-0.2, 0) is 39.5 Å². The van der Waals surface area contributed by atoms with E-state index in [9.17, 15) is 0 Å². The van der Waals surface area contributed by atoms with E-state index in [1.54, 1.807) is 0 Å². The largest absolute Gasteiger partial charge is 0.503 e. The van der Waals surface area contributed by atoms with Crippen molar-refractivity contribution in [3.05, 3.63) is 0 Å². The zero-order chi connectivity index (χ0) is 33.9. The van der Waals surface area contributed by atoms with Crippen molar-refractivity contribution < 1.29 is 39.5 Å². The average Bonchev–Trinajstić information content (AvgIpc) is 2.98. The summed E-state index contributed by atoms with van der Waals surface area (Å²) in [4.78, 5) is 0. The summed E-state index contributed by atoms with van der Waals surface area (Å²) >= 11 is 0. The summed E-state index contributed by atoms with van der Waals surface area (Å²) in [5, 5.41) is 0.0285. The van der Waals surface area contributed by atoms with Crippen LogP contribution in [0.1, 0.15) is 93.9 Å². The fourth-order valence-electron chi connectivity index (χ4n) is 4.56. The highest BCUT2D eigenvalue weighted by Gasteiger charge is 2.58. The van der Waals surface area contributed by atoms with Crippen molar-refractivity contribution in [3.63, 3.8) is 0 Å². The van der Waals surface area contributed by atoms with Crippen molar-refractivity contribution in [3.8, 4) is 0 Å². The second-order valence-electron chi connectivity index (χ2n) is 13.0. The Hall–Kier alpha value is 0.941. The molecular formula is C29H72O9Si6. The first-order valence-electron chi connectivity index (χ1n) is 17.5. The van der Waals surface area contributed by atoms with Crippen LogP contribution in [-0.4, -0.2) is 98.6 Å². The van der Waals surface area contributed by atoms with E-state index in [1.165, 1.54) is 0 Å². The Balaban J connectivity index is 6.48. The van der Waals surface area contributed by atoms with E-state index < -0.39 is 53.0 Å². The lowest BCUT2D eigenvalue weighted by atomic mass is 10.5. The molecule has 0 aliphatic carbocycles. The first-order valence-corrected chi connectivity index (χ1v) is 31.2. The fourth-order valence-corrected chi connectivity index (χ4v) is 25.5. The van der Waals surface area contributed by atoms with E-state index in [1.807, 2.05) is 0 Å². The molecule has 9 nitrogen and oxygen atoms in total. The molecule has 44 heavy (non-hydrogen) atoms. The molecule has 0 aliphatic rings. The number of hydrogen-bond donors (Lipinski definition) is 0. The normalized spacial score (nSPS) is 15.9. The van der Waals surface area contributed by atoms with Crippen LogP contribution in [0.4, 0.5) is 0 Å². The highest BCUT2D eigenvalue weighted by molar-refractivity contribution is 6.89. The summed E-state index contributed by atoms with van der Waals surface area (Å²) < 4.78 is 60.1. The smallest absolute Gasteiger partial charge is 0.459 e. The van der Waals surface area contributed by atoms with E-state index in [0.29, 0.717) is 39.6 Å². The van der Waals surface area contributed by atoms with Gasteiger partial charge in [0.2, 0.25) is 9.76 Å². The minimum atomic E-state index is -3.04. The van der Waals surface area contributed by atoms with Crippen molar-refractivity contribution in [1.29, 1.82) is 0 Å². The molecule has 2 atom stereocenters. The van der Waals surface area contributed by atoms with E-state index >= 15 is 0 Å². The molecule has 0 fully saturated rings. The Bertz CT molecular complexity index is 625. The van der Waals surface area contributed by atoms with Crippen molar-refractivity contribution >= 4 is 53.0 Å². The second kappa shape index (κ2) is 23.3. The van der Waals surface area contributed by atoms with Gasteiger partial charge in [-0.3, -0.25) is 0 Å².